The van der Waals surface area contributed by atoms with Crippen LogP contribution in [-0.2, 0) is 19.1 Å². The van der Waals surface area contributed by atoms with Crippen molar-refractivity contribution in [3.05, 3.63) is 23.8 Å². The van der Waals surface area contributed by atoms with Crippen LogP contribution < -0.4 is 0 Å². The molecule has 0 saturated carbocycles. The van der Waals surface area contributed by atoms with E-state index in [1.54, 1.807) is 0 Å². The van der Waals surface area contributed by atoms with Gasteiger partial charge in [-0.25, -0.2) is 9.59 Å². The van der Waals surface area contributed by atoms with E-state index in [9.17, 15) is 9.59 Å². The number of ether oxygens (including phenoxy) is 2. The van der Waals surface area contributed by atoms with Crippen LogP contribution in [0.2, 0.25) is 0 Å². The lowest BCUT2D eigenvalue weighted by molar-refractivity contribution is -0.156. The molecule has 1 rings (SSSR count). The largest absolute Gasteiger partial charge is 0.479 e. The molecule has 0 spiro atoms. The summed E-state index contributed by atoms with van der Waals surface area (Å²) in [5.41, 5.74) is 1.69. The van der Waals surface area contributed by atoms with Gasteiger partial charge in [-0.2, -0.15) is 0 Å². The molecule has 0 aromatic rings. The highest BCUT2D eigenvalue weighted by Gasteiger charge is 2.46. The molecule has 0 bridgehead atoms. The summed E-state index contributed by atoms with van der Waals surface area (Å²) >= 11 is 0. The minimum Gasteiger partial charge on any atom is -0.479 e. The lowest BCUT2D eigenvalue weighted by Crippen LogP contribution is -2.36. The number of carboxylic acids is 2. The van der Waals surface area contributed by atoms with Gasteiger partial charge in [-0.05, 0) is 32.3 Å². The first-order valence-corrected chi connectivity index (χ1v) is 5.90. The van der Waals surface area contributed by atoms with Crippen molar-refractivity contribution in [2.45, 2.75) is 45.2 Å². The van der Waals surface area contributed by atoms with Crippen LogP contribution in [0.25, 0.3) is 0 Å². The van der Waals surface area contributed by atoms with Gasteiger partial charge in [-0.15, -0.1) is 0 Å². The summed E-state index contributed by atoms with van der Waals surface area (Å²) in [6.45, 7) is 7.69. The van der Waals surface area contributed by atoms with Crippen LogP contribution in [0, 0.1) is 0 Å². The first kappa shape index (κ1) is 15.4. The third-order valence-electron chi connectivity index (χ3n) is 2.65. The first-order valence-electron chi connectivity index (χ1n) is 5.90. The number of hydrogen-bond donors (Lipinski definition) is 2. The van der Waals surface area contributed by atoms with Crippen molar-refractivity contribution in [3.63, 3.8) is 0 Å². The smallest absolute Gasteiger partial charge is 0.336 e. The fourth-order valence-electron chi connectivity index (χ4n) is 1.67. The van der Waals surface area contributed by atoms with Crippen LogP contribution >= 0.6 is 0 Å². The fourth-order valence-corrected chi connectivity index (χ4v) is 1.67. The maximum absolute atomic E-state index is 10.9. The van der Waals surface area contributed by atoms with E-state index in [0.29, 0.717) is 12.0 Å². The molecule has 1 saturated heterocycles. The van der Waals surface area contributed by atoms with E-state index in [2.05, 4.69) is 6.58 Å². The zero-order chi connectivity index (χ0) is 14.6. The Bertz CT molecular complexity index is 385. The van der Waals surface area contributed by atoms with Crippen LogP contribution in [0.1, 0.15) is 26.7 Å². The fraction of sp³-hybridized carbons (Fsp3) is 0.538. The summed E-state index contributed by atoms with van der Waals surface area (Å²) in [5, 5.41) is 17.7. The van der Waals surface area contributed by atoms with Crippen molar-refractivity contribution in [1.29, 1.82) is 0 Å². The molecule has 2 N–H and O–H groups in total. The quantitative estimate of drug-likeness (QED) is 0.711. The Hall–Kier alpha value is -1.66. The molecule has 1 aliphatic rings. The topological polar surface area (TPSA) is 93.1 Å². The van der Waals surface area contributed by atoms with Crippen molar-refractivity contribution in [3.8, 4) is 0 Å². The van der Waals surface area contributed by atoms with Crippen LogP contribution in [0.4, 0.5) is 0 Å². The molecule has 0 aliphatic carbocycles. The Morgan fingerprint density at radius 1 is 1.16 bits per heavy atom. The molecule has 0 aromatic carbocycles. The second-order valence-electron chi connectivity index (χ2n) is 4.60. The normalized spacial score (nSPS) is 25.9. The van der Waals surface area contributed by atoms with Crippen molar-refractivity contribution >= 4 is 11.9 Å². The zero-order valence-corrected chi connectivity index (χ0v) is 11.0. The molecule has 2 unspecified atom stereocenters. The number of hydrogen-bond acceptors (Lipinski definition) is 4. The summed E-state index contributed by atoms with van der Waals surface area (Å²) in [6.07, 6.45) is -0.698. The van der Waals surface area contributed by atoms with Gasteiger partial charge < -0.3 is 19.7 Å². The van der Waals surface area contributed by atoms with Crippen LogP contribution in [0.5, 0.6) is 0 Å². The van der Waals surface area contributed by atoms with Gasteiger partial charge in [0.15, 0.2) is 18.5 Å². The monoisotopic (exact) mass is 270 g/mol. The highest BCUT2D eigenvalue weighted by molar-refractivity contribution is 5.84. The van der Waals surface area contributed by atoms with Gasteiger partial charge in [0.25, 0.3) is 0 Å². The van der Waals surface area contributed by atoms with Gasteiger partial charge >= 0.3 is 11.9 Å². The maximum Gasteiger partial charge on any atom is 0.336 e. The van der Waals surface area contributed by atoms with Crippen molar-refractivity contribution in [2.24, 2.45) is 0 Å². The Morgan fingerprint density at radius 3 is 2.00 bits per heavy atom. The zero-order valence-electron chi connectivity index (χ0n) is 11.0. The van der Waals surface area contributed by atoms with Gasteiger partial charge in [-0.3, -0.25) is 0 Å². The predicted molar refractivity (Wildman–Crippen MR) is 66.6 cm³/mol. The number of rotatable bonds is 6. The predicted octanol–water partition coefficient (Wildman–Crippen LogP) is 1.57. The van der Waals surface area contributed by atoms with E-state index in [1.165, 1.54) is 0 Å². The second kappa shape index (κ2) is 6.49. The molecule has 1 fully saturated rings. The Labute approximate surface area is 111 Å². The molecule has 1 aliphatic heterocycles. The summed E-state index contributed by atoms with van der Waals surface area (Å²) in [4.78, 5) is 21.8. The molecular weight excluding hydrogens is 252 g/mol. The third kappa shape index (κ3) is 4.18. The number of allylic oxidation sites excluding steroid dienone is 2. The summed E-state index contributed by atoms with van der Waals surface area (Å²) in [5.74, 6) is -2.71. The van der Waals surface area contributed by atoms with E-state index in [4.69, 9.17) is 19.7 Å². The molecule has 6 nitrogen and oxygen atoms in total. The Kier molecular flexibility index (Phi) is 5.26. The van der Waals surface area contributed by atoms with Crippen LogP contribution in [0.15, 0.2) is 23.8 Å². The van der Waals surface area contributed by atoms with Crippen LogP contribution in [-0.4, -0.2) is 40.6 Å². The molecular formula is C13H18O6. The van der Waals surface area contributed by atoms with Crippen molar-refractivity contribution < 1.29 is 29.3 Å². The third-order valence-corrected chi connectivity index (χ3v) is 2.65. The average Bonchev–Trinajstić information content (AvgIpc) is 2.73. The van der Waals surface area contributed by atoms with Crippen molar-refractivity contribution in [1.82, 2.24) is 0 Å². The molecule has 2 atom stereocenters. The molecule has 6 heteroatoms. The Morgan fingerprint density at radius 2 is 1.63 bits per heavy atom. The van der Waals surface area contributed by atoms with Crippen LogP contribution in [0.3, 0.4) is 0 Å². The van der Waals surface area contributed by atoms with Gasteiger partial charge in [0.05, 0.1) is 0 Å². The highest BCUT2D eigenvalue weighted by Crippen LogP contribution is 2.26. The number of carbonyl (C=O) groups is 2. The maximum atomic E-state index is 10.9. The molecule has 0 amide bonds. The number of carboxylic acid groups (broad SMARTS) is 2. The average molecular weight is 270 g/mol. The lowest BCUT2D eigenvalue weighted by atomic mass is 10.1. The SMILES string of the molecule is C=C(CCC=C(C)C)C1OC(C(=O)O)C(C(=O)O)O1. The molecule has 0 aromatic heterocycles. The second-order valence-corrected chi connectivity index (χ2v) is 4.60. The molecule has 1 heterocycles. The summed E-state index contributed by atoms with van der Waals surface area (Å²) in [6, 6.07) is 0. The van der Waals surface area contributed by atoms with Gasteiger partial charge in [0.2, 0.25) is 0 Å². The molecule has 19 heavy (non-hydrogen) atoms. The lowest BCUT2D eigenvalue weighted by Gasteiger charge is -2.12. The molecule has 106 valence electrons. The van der Waals surface area contributed by atoms with Crippen molar-refractivity contribution in [2.75, 3.05) is 0 Å². The van der Waals surface area contributed by atoms with Gasteiger partial charge in [0.1, 0.15) is 0 Å². The van der Waals surface area contributed by atoms with Gasteiger partial charge in [0, 0.05) is 0 Å². The van der Waals surface area contributed by atoms with E-state index < -0.39 is 30.4 Å². The number of aliphatic carboxylic acids is 2. The summed E-state index contributed by atoms with van der Waals surface area (Å²) in [7, 11) is 0. The van der Waals surface area contributed by atoms with E-state index in [-0.39, 0.29) is 0 Å². The van der Waals surface area contributed by atoms with E-state index >= 15 is 0 Å². The first-order chi connectivity index (χ1) is 8.82. The minimum atomic E-state index is -1.50. The van der Waals surface area contributed by atoms with E-state index in [1.807, 2.05) is 19.9 Å². The van der Waals surface area contributed by atoms with Gasteiger partial charge in [-0.1, -0.05) is 18.2 Å². The minimum absolute atomic E-state index is 0.535. The highest BCUT2D eigenvalue weighted by atomic mass is 16.7. The van der Waals surface area contributed by atoms with E-state index in [0.717, 1.165) is 12.0 Å². The summed E-state index contributed by atoms with van der Waals surface area (Å²) < 4.78 is 10.2. The standard InChI is InChI=1S/C13H18O6/c1-7(2)5-4-6-8(3)13-18-9(11(14)15)10(19-13)12(16)17/h5,9-10,13H,3-4,6H2,1-2H3,(H,14,15)(H,16,17). The molecule has 0 radical (unpaired) electrons. The Balaban J connectivity index is 2.61.